The molecule has 1 aliphatic heterocycles. The van der Waals surface area contributed by atoms with Crippen LogP contribution in [0, 0.1) is 0 Å². The smallest absolute Gasteiger partial charge is 0.258 e. The second-order valence-electron chi connectivity index (χ2n) is 7.89. The Labute approximate surface area is 189 Å². The number of aromatic nitrogens is 2. The minimum absolute atomic E-state index is 0.103. The van der Waals surface area contributed by atoms with Crippen molar-refractivity contribution in [3.63, 3.8) is 0 Å². The van der Waals surface area contributed by atoms with E-state index in [2.05, 4.69) is 10.3 Å². The molecule has 1 atom stereocenters. The summed E-state index contributed by atoms with van der Waals surface area (Å²) in [7, 11) is 0. The van der Waals surface area contributed by atoms with Crippen LogP contribution in [0.3, 0.4) is 0 Å². The fraction of sp³-hybridized carbons (Fsp3) is 0.200. The molecule has 0 radical (unpaired) electrons. The van der Waals surface area contributed by atoms with Crippen molar-refractivity contribution in [3.8, 4) is 0 Å². The summed E-state index contributed by atoms with van der Waals surface area (Å²) in [5.41, 5.74) is 3.23. The molecule has 1 N–H and O–H groups in total. The number of nitrogens with one attached hydrogen (secondary N) is 1. The number of fused-ring (bicyclic) bond motifs is 1. The number of anilines is 1. The number of pyridine rings is 1. The maximum absolute atomic E-state index is 13.0. The lowest BCUT2D eigenvalue weighted by Crippen LogP contribution is -2.30. The largest absolute Gasteiger partial charge is 0.342 e. The molecule has 2 aromatic heterocycles. The molecule has 0 saturated carbocycles. The lowest BCUT2D eigenvalue weighted by atomic mass is 9.99. The fourth-order valence-corrected chi connectivity index (χ4v) is 4.68. The van der Waals surface area contributed by atoms with E-state index < -0.39 is 0 Å². The first-order chi connectivity index (χ1) is 15.7. The molecular formula is C25H22N4O2S. The van der Waals surface area contributed by atoms with Gasteiger partial charge in [-0.25, -0.2) is 4.98 Å². The van der Waals surface area contributed by atoms with E-state index in [1.165, 1.54) is 11.3 Å². The number of nitrogens with zero attached hydrogens (tertiary/aromatic N) is 3. The summed E-state index contributed by atoms with van der Waals surface area (Å²) in [6, 6.07) is 19.3. The van der Waals surface area contributed by atoms with E-state index >= 15 is 0 Å². The summed E-state index contributed by atoms with van der Waals surface area (Å²) in [5.74, 6) is 0.0294. The van der Waals surface area contributed by atoms with Gasteiger partial charge in [-0.1, -0.05) is 48.5 Å². The lowest BCUT2D eigenvalue weighted by Gasteiger charge is -2.17. The van der Waals surface area contributed by atoms with Crippen molar-refractivity contribution in [1.29, 1.82) is 0 Å². The highest BCUT2D eigenvalue weighted by atomic mass is 32.1. The highest BCUT2D eigenvalue weighted by Crippen LogP contribution is 2.30. The van der Waals surface area contributed by atoms with Gasteiger partial charge >= 0.3 is 0 Å². The van der Waals surface area contributed by atoms with Gasteiger partial charge in [0, 0.05) is 41.7 Å². The van der Waals surface area contributed by atoms with E-state index in [9.17, 15) is 9.59 Å². The molecule has 1 fully saturated rings. The summed E-state index contributed by atoms with van der Waals surface area (Å²) in [6.45, 7) is 1.32. The van der Waals surface area contributed by atoms with Crippen LogP contribution < -0.4 is 5.32 Å². The van der Waals surface area contributed by atoms with Crippen molar-refractivity contribution in [1.82, 2.24) is 14.9 Å². The zero-order chi connectivity index (χ0) is 21.9. The average Bonchev–Trinajstić information content (AvgIpc) is 3.51. The average molecular weight is 443 g/mol. The maximum atomic E-state index is 13.0. The highest BCUT2D eigenvalue weighted by Gasteiger charge is 2.29. The van der Waals surface area contributed by atoms with Crippen molar-refractivity contribution in [2.24, 2.45) is 0 Å². The van der Waals surface area contributed by atoms with Gasteiger partial charge in [-0.2, -0.15) is 0 Å². The van der Waals surface area contributed by atoms with E-state index in [1.54, 1.807) is 6.20 Å². The fourth-order valence-electron chi connectivity index (χ4n) is 4.15. The number of para-hydroxylation sites is 1. The third-order valence-electron chi connectivity index (χ3n) is 5.79. The summed E-state index contributed by atoms with van der Waals surface area (Å²) in [5, 5.41) is 6.07. The van der Waals surface area contributed by atoms with E-state index in [4.69, 9.17) is 4.98 Å². The Morgan fingerprint density at radius 3 is 2.72 bits per heavy atom. The van der Waals surface area contributed by atoms with Gasteiger partial charge < -0.3 is 4.90 Å². The number of rotatable bonds is 5. The first-order valence-electron chi connectivity index (χ1n) is 10.6. The Kier molecular flexibility index (Phi) is 5.64. The number of hydrogen-bond donors (Lipinski definition) is 1. The van der Waals surface area contributed by atoms with Crippen molar-refractivity contribution >= 4 is 39.2 Å². The Hall–Kier alpha value is -3.58. The number of hydrogen-bond acceptors (Lipinski definition) is 5. The maximum Gasteiger partial charge on any atom is 0.258 e. The second-order valence-corrected chi connectivity index (χ2v) is 8.79. The van der Waals surface area contributed by atoms with Crippen LogP contribution in [0.2, 0.25) is 0 Å². The molecule has 4 aromatic rings. The molecule has 6 nitrogen and oxygen atoms in total. The summed E-state index contributed by atoms with van der Waals surface area (Å²) >= 11 is 1.38. The Morgan fingerprint density at radius 1 is 1.09 bits per heavy atom. The van der Waals surface area contributed by atoms with Crippen LogP contribution in [0.15, 0.2) is 72.2 Å². The Morgan fingerprint density at radius 2 is 1.91 bits per heavy atom. The summed E-state index contributed by atoms with van der Waals surface area (Å²) in [6.07, 6.45) is 2.90. The van der Waals surface area contributed by atoms with Crippen LogP contribution in [-0.4, -0.2) is 39.8 Å². The van der Waals surface area contributed by atoms with Crippen molar-refractivity contribution in [2.45, 2.75) is 18.8 Å². The van der Waals surface area contributed by atoms with Gasteiger partial charge in [-0.3, -0.25) is 19.9 Å². The van der Waals surface area contributed by atoms with E-state index in [0.29, 0.717) is 30.2 Å². The second kappa shape index (κ2) is 8.88. The third-order valence-corrected chi connectivity index (χ3v) is 6.48. The molecule has 2 amide bonds. The Bertz CT molecular complexity index is 1260. The van der Waals surface area contributed by atoms with Gasteiger partial charge in [0.15, 0.2) is 5.13 Å². The van der Waals surface area contributed by atoms with E-state index in [1.807, 2.05) is 70.9 Å². The predicted molar refractivity (Wildman–Crippen MR) is 126 cm³/mol. The van der Waals surface area contributed by atoms with Crippen LogP contribution in [-0.2, 0) is 11.2 Å². The molecule has 7 heteroatoms. The number of carbonyl (C=O) groups is 2. The normalized spacial score (nSPS) is 15.8. The van der Waals surface area contributed by atoms with Gasteiger partial charge in [0.2, 0.25) is 5.91 Å². The van der Waals surface area contributed by atoms with Crippen LogP contribution in [0.25, 0.3) is 10.9 Å². The standard InChI is InChI=1S/C25H22N4O2S/c30-23(14-17-6-2-1-3-7-17)29-12-10-18(16-29)22-15-20(19-8-4-5-9-21(19)27-22)24(31)28-25-26-11-13-32-25/h1-9,11,13,15,18H,10,12,14,16H2,(H,26,28,31). The monoisotopic (exact) mass is 442 g/mol. The molecule has 0 bridgehead atoms. The van der Waals surface area contributed by atoms with Gasteiger partial charge in [0.1, 0.15) is 0 Å². The topological polar surface area (TPSA) is 75.2 Å². The molecule has 1 aliphatic rings. The van der Waals surface area contributed by atoms with Crippen LogP contribution in [0.1, 0.15) is 34.0 Å². The number of amides is 2. The van der Waals surface area contributed by atoms with E-state index in [-0.39, 0.29) is 17.7 Å². The molecule has 5 rings (SSSR count). The molecule has 32 heavy (non-hydrogen) atoms. The zero-order valence-electron chi connectivity index (χ0n) is 17.4. The first kappa shape index (κ1) is 20.3. The molecule has 2 aromatic carbocycles. The number of likely N-dealkylation sites (tertiary alicyclic amines) is 1. The van der Waals surface area contributed by atoms with Crippen molar-refractivity contribution in [3.05, 3.63) is 89.1 Å². The van der Waals surface area contributed by atoms with Gasteiger partial charge in [0.25, 0.3) is 5.91 Å². The van der Waals surface area contributed by atoms with E-state index in [0.717, 1.165) is 28.6 Å². The first-order valence-corrected chi connectivity index (χ1v) is 11.5. The molecule has 1 saturated heterocycles. The number of benzene rings is 2. The zero-order valence-corrected chi connectivity index (χ0v) is 18.2. The SMILES string of the molecule is O=C(Nc1nccs1)c1cc(C2CCN(C(=O)Cc3ccccc3)C2)nc2ccccc12. The molecule has 0 aliphatic carbocycles. The number of carbonyl (C=O) groups excluding carboxylic acids is 2. The summed E-state index contributed by atoms with van der Waals surface area (Å²) in [4.78, 5) is 36.7. The van der Waals surface area contributed by atoms with Crippen molar-refractivity contribution in [2.75, 3.05) is 18.4 Å². The number of thiazole rings is 1. The molecule has 3 heterocycles. The van der Waals surface area contributed by atoms with Crippen molar-refractivity contribution < 1.29 is 9.59 Å². The van der Waals surface area contributed by atoms with Crippen LogP contribution >= 0.6 is 11.3 Å². The quantitative estimate of drug-likeness (QED) is 0.494. The van der Waals surface area contributed by atoms with Gasteiger partial charge in [-0.05, 0) is 24.1 Å². The molecule has 1 unspecified atom stereocenters. The van der Waals surface area contributed by atoms with Crippen LogP contribution in [0.5, 0.6) is 0 Å². The minimum atomic E-state index is -0.199. The highest BCUT2D eigenvalue weighted by molar-refractivity contribution is 7.13. The summed E-state index contributed by atoms with van der Waals surface area (Å²) < 4.78 is 0. The molecular weight excluding hydrogens is 420 g/mol. The van der Waals surface area contributed by atoms with Gasteiger partial charge in [-0.15, -0.1) is 11.3 Å². The van der Waals surface area contributed by atoms with Gasteiger partial charge in [0.05, 0.1) is 17.5 Å². The predicted octanol–water partition coefficient (Wildman–Crippen LogP) is 4.50. The molecule has 160 valence electrons. The molecule has 0 spiro atoms. The lowest BCUT2D eigenvalue weighted by molar-refractivity contribution is -0.129. The third kappa shape index (κ3) is 4.24. The Balaban J connectivity index is 1.38. The minimum Gasteiger partial charge on any atom is -0.342 e. The van der Waals surface area contributed by atoms with Crippen LogP contribution in [0.4, 0.5) is 5.13 Å².